The monoisotopic (exact) mass is 431 g/mol. The lowest BCUT2D eigenvalue weighted by atomic mass is 10.2. The maximum Gasteiger partial charge on any atom is 0.573 e. The van der Waals surface area contributed by atoms with E-state index in [1.807, 2.05) is 0 Å². The minimum absolute atomic E-state index is 0.0223. The van der Waals surface area contributed by atoms with Gasteiger partial charge in [0.05, 0.1) is 7.11 Å². The summed E-state index contributed by atoms with van der Waals surface area (Å²) in [4.78, 5) is 29.5. The highest BCUT2D eigenvalue weighted by atomic mass is 19.4. The molecule has 30 heavy (non-hydrogen) atoms. The number of esters is 1. The number of carboxylic acid groups (broad SMARTS) is 1. The van der Waals surface area contributed by atoms with Gasteiger partial charge >= 0.3 is 18.3 Å². The van der Waals surface area contributed by atoms with Crippen molar-refractivity contribution in [3.8, 4) is 5.75 Å². The molecule has 0 aliphatic rings. The number of fused-ring (bicyclic) bond motifs is 1. The van der Waals surface area contributed by atoms with Crippen LogP contribution in [-0.2, 0) is 11.3 Å². The van der Waals surface area contributed by atoms with E-state index in [0.29, 0.717) is 5.56 Å². The second-order valence-corrected chi connectivity index (χ2v) is 5.31. The molecular formula is C16H13F4N5O5. The van der Waals surface area contributed by atoms with Crippen molar-refractivity contribution in [1.29, 1.82) is 0 Å². The fourth-order valence-electron chi connectivity index (χ4n) is 2.05. The number of methoxy groups -OCH3 is 1. The smallest absolute Gasteiger partial charge is 0.477 e. The molecule has 2 aromatic heterocycles. The molecule has 0 radical (unpaired) electrons. The quantitative estimate of drug-likeness (QED) is 0.467. The van der Waals surface area contributed by atoms with Crippen LogP contribution in [0.25, 0.3) is 5.78 Å². The van der Waals surface area contributed by atoms with Crippen LogP contribution in [0.15, 0.2) is 30.6 Å². The lowest BCUT2D eigenvalue weighted by molar-refractivity contribution is -0.275. The lowest BCUT2D eigenvalue weighted by Crippen LogP contribution is -2.18. The molecule has 0 saturated carbocycles. The third kappa shape index (κ3) is 5.60. The standard InChI is InChI=1S/C8H7F4NO.C8H6N4O4/c9-6-2-1-5(4-13)3-7(6)14-8(10,11)12;1-16-7(15)5-2-4(6(13)14)11-8-9-3-10-12(5)8/h1-3H,4,13H2;2-3H,1H3,(H,13,14). The molecule has 10 nitrogen and oxygen atoms in total. The highest BCUT2D eigenvalue weighted by molar-refractivity contribution is 5.92. The number of halogens is 4. The average Bonchev–Trinajstić information content (AvgIpc) is 3.16. The predicted octanol–water partition coefficient (Wildman–Crippen LogP) is 1.79. The number of rotatable bonds is 4. The molecule has 0 unspecified atom stereocenters. The van der Waals surface area contributed by atoms with Gasteiger partial charge in [-0.15, -0.1) is 13.2 Å². The second-order valence-electron chi connectivity index (χ2n) is 5.31. The first-order chi connectivity index (χ1) is 14.1. The van der Waals surface area contributed by atoms with Crippen molar-refractivity contribution in [1.82, 2.24) is 19.6 Å². The van der Waals surface area contributed by atoms with Crippen LogP contribution in [0, 0.1) is 5.82 Å². The van der Waals surface area contributed by atoms with E-state index in [1.165, 1.54) is 19.5 Å². The number of hydrogen-bond acceptors (Lipinski definition) is 8. The van der Waals surface area contributed by atoms with Crippen LogP contribution in [-0.4, -0.2) is 50.1 Å². The van der Waals surface area contributed by atoms with Crippen LogP contribution >= 0.6 is 0 Å². The summed E-state index contributed by atoms with van der Waals surface area (Å²) in [5.41, 5.74) is 5.21. The molecule has 3 rings (SSSR count). The van der Waals surface area contributed by atoms with E-state index < -0.39 is 29.9 Å². The van der Waals surface area contributed by atoms with Gasteiger partial charge < -0.3 is 20.3 Å². The van der Waals surface area contributed by atoms with E-state index in [2.05, 4.69) is 24.5 Å². The number of benzene rings is 1. The predicted molar refractivity (Wildman–Crippen MR) is 90.1 cm³/mol. The number of aromatic carboxylic acids is 1. The van der Waals surface area contributed by atoms with Gasteiger partial charge in [0.25, 0.3) is 5.78 Å². The Hall–Kier alpha value is -3.81. The maximum atomic E-state index is 12.8. The highest BCUT2D eigenvalue weighted by Crippen LogP contribution is 2.26. The first-order valence-electron chi connectivity index (χ1n) is 7.82. The first-order valence-corrected chi connectivity index (χ1v) is 7.82. The normalized spacial score (nSPS) is 10.9. The van der Waals surface area contributed by atoms with Gasteiger partial charge in [-0.2, -0.15) is 14.6 Å². The Kier molecular flexibility index (Phi) is 6.84. The zero-order valence-corrected chi connectivity index (χ0v) is 15.1. The number of nitrogens with zero attached hydrogens (tertiary/aromatic N) is 4. The minimum atomic E-state index is -4.89. The van der Waals surface area contributed by atoms with Gasteiger partial charge in [0.1, 0.15) is 6.33 Å². The fraction of sp³-hybridized carbons (Fsp3) is 0.188. The van der Waals surface area contributed by atoms with Crippen LogP contribution < -0.4 is 10.5 Å². The summed E-state index contributed by atoms with van der Waals surface area (Å²) in [5, 5.41) is 12.5. The largest absolute Gasteiger partial charge is 0.573 e. The molecule has 0 fully saturated rings. The second kappa shape index (κ2) is 9.13. The molecule has 14 heteroatoms. The number of nitrogens with two attached hydrogens (primary N) is 1. The van der Waals surface area contributed by atoms with Gasteiger partial charge in [0.2, 0.25) is 0 Å². The molecule has 160 valence electrons. The van der Waals surface area contributed by atoms with E-state index in [1.54, 1.807) is 0 Å². The van der Waals surface area contributed by atoms with Gasteiger partial charge in [-0.05, 0) is 17.7 Å². The molecule has 3 aromatic rings. The summed E-state index contributed by atoms with van der Waals surface area (Å²) in [5.74, 6) is -3.86. The number of carboxylic acids is 1. The molecular weight excluding hydrogens is 418 g/mol. The van der Waals surface area contributed by atoms with Crippen molar-refractivity contribution in [2.75, 3.05) is 7.11 Å². The van der Waals surface area contributed by atoms with E-state index in [4.69, 9.17) is 10.8 Å². The van der Waals surface area contributed by atoms with Crippen LogP contribution in [0.3, 0.4) is 0 Å². The van der Waals surface area contributed by atoms with Crippen molar-refractivity contribution in [2.45, 2.75) is 12.9 Å². The van der Waals surface area contributed by atoms with Gasteiger partial charge in [-0.1, -0.05) is 6.07 Å². The summed E-state index contributed by atoms with van der Waals surface area (Å²) >= 11 is 0. The number of aromatic nitrogens is 4. The Morgan fingerprint density at radius 2 is 1.97 bits per heavy atom. The maximum absolute atomic E-state index is 12.8. The van der Waals surface area contributed by atoms with Crippen molar-refractivity contribution in [3.63, 3.8) is 0 Å². The van der Waals surface area contributed by atoms with Crippen LogP contribution in [0.2, 0.25) is 0 Å². The van der Waals surface area contributed by atoms with Gasteiger partial charge in [-0.25, -0.2) is 19.0 Å². The molecule has 0 saturated heterocycles. The SMILES string of the molecule is COC(=O)c1cc(C(=O)O)nc2ncnn12.NCc1ccc(F)c(OC(F)(F)F)c1. The summed E-state index contributed by atoms with van der Waals surface area (Å²) < 4.78 is 57.0. The molecule has 0 spiro atoms. The molecule has 2 heterocycles. The Morgan fingerprint density at radius 1 is 1.27 bits per heavy atom. The van der Waals surface area contributed by atoms with E-state index in [9.17, 15) is 27.2 Å². The van der Waals surface area contributed by atoms with E-state index in [0.717, 1.165) is 22.7 Å². The van der Waals surface area contributed by atoms with Gasteiger partial charge in [0, 0.05) is 12.6 Å². The molecule has 3 N–H and O–H groups in total. The van der Waals surface area contributed by atoms with Gasteiger partial charge in [0.15, 0.2) is 23.0 Å². The highest BCUT2D eigenvalue weighted by Gasteiger charge is 2.32. The van der Waals surface area contributed by atoms with E-state index in [-0.39, 0.29) is 23.7 Å². The first kappa shape index (κ1) is 22.5. The number of hydrogen-bond donors (Lipinski definition) is 2. The lowest BCUT2D eigenvalue weighted by Gasteiger charge is -2.10. The fourth-order valence-corrected chi connectivity index (χ4v) is 2.05. The Morgan fingerprint density at radius 3 is 2.53 bits per heavy atom. The van der Waals surface area contributed by atoms with Crippen LogP contribution in [0.4, 0.5) is 17.6 Å². The average molecular weight is 431 g/mol. The molecule has 0 aliphatic carbocycles. The summed E-state index contributed by atoms with van der Waals surface area (Å²) in [6, 6.07) is 4.17. The number of carbonyl (C=O) groups excluding carboxylic acids is 1. The molecule has 0 aliphatic heterocycles. The Balaban J connectivity index is 0.000000216. The summed E-state index contributed by atoms with van der Waals surface area (Å²) in [6.45, 7) is 0.0223. The summed E-state index contributed by atoms with van der Waals surface area (Å²) in [6.07, 6.45) is -3.73. The minimum Gasteiger partial charge on any atom is -0.477 e. The Bertz CT molecular complexity index is 1070. The van der Waals surface area contributed by atoms with E-state index >= 15 is 0 Å². The molecule has 0 atom stereocenters. The third-order valence-corrected chi connectivity index (χ3v) is 3.32. The van der Waals surface area contributed by atoms with Crippen molar-refractivity contribution < 1.29 is 41.7 Å². The number of carbonyl (C=O) groups is 2. The topological polar surface area (TPSA) is 142 Å². The van der Waals surface area contributed by atoms with Crippen LogP contribution in [0.5, 0.6) is 5.75 Å². The molecule has 1 aromatic carbocycles. The third-order valence-electron chi connectivity index (χ3n) is 3.32. The van der Waals surface area contributed by atoms with Crippen molar-refractivity contribution in [2.24, 2.45) is 5.73 Å². The zero-order chi connectivity index (χ0) is 22.5. The molecule has 0 amide bonds. The van der Waals surface area contributed by atoms with Crippen molar-refractivity contribution in [3.05, 3.63) is 53.4 Å². The molecule has 0 bridgehead atoms. The number of alkyl halides is 3. The summed E-state index contributed by atoms with van der Waals surface area (Å²) in [7, 11) is 1.19. The van der Waals surface area contributed by atoms with Crippen molar-refractivity contribution >= 4 is 17.7 Å². The van der Waals surface area contributed by atoms with Crippen LogP contribution in [0.1, 0.15) is 26.5 Å². The van der Waals surface area contributed by atoms with Gasteiger partial charge in [-0.3, -0.25) is 0 Å². The Labute approximate surface area is 164 Å². The zero-order valence-electron chi connectivity index (χ0n) is 15.1. The number of ether oxygens (including phenoxy) is 2.